The maximum absolute atomic E-state index is 6.29. The molecule has 2 rings (SSSR count). The summed E-state index contributed by atoms with van der Waals surface area (Å²) in [5.41, 5.74) is 2.10. The van der Waals surface area contributed by atoms with Crippen LogP contribution in [0.2, 0.25) is 0 Å². The Morgan fingerprint density at radius 1 is 1.43 bits per heavy atom. The quantitative estimate of drug-likeness (QED) is 0.693. The second-order valence-corrected chi connectivity index (χ2v) is 6.74. The molecule has 1 atom stereocenters. The summed E-state index contributed by atoms with van der Waals surface area (Å²) in [5.74, 6) is 0.921. The topological polar surface area (TPSA) is 30.3 Å². The monoisotopic (exact) mass is 373 g/mol. The minimum Gasteiger partial charge on any atom is -0.383 e. The minimum atomic E-state index is -0.111. The highest BCUT2D eigenvalue weighted by Gasteiger charge is 2.15. The van der Waals surface area contributed by atoms with Crippen LogP contribution in [-0.4, -0.2) is 48.3 Å². The number of hydrogen-bond acceptors (Lipinski definition) is 3. The van der Waals surface area contributed by atoms with E-state index >= 15 is 0 Å². The Kier molecular flexibility index (Phi) is 6.05. The number of rotatable bonds is 7. The molecule has 0 aliphatic heterocycles. The van der Waals surface area contributed by atoms with E-state index in [2.05, 4.69) is 43.5 Å². The lowest BCUT2D eigenvalue weighted by Gasteiger charge is -2.18. The Morgan fingerprint density at radius 2 is 2.19 bits per heavy atom. The summed E-state index contributed by atoms with van der Waals surface area (Å²) in [5, 5.41) is -0.111. The van der Waals surface area contributed by atoms with Gasteiger partial charge in [-0.2, -0.15) is 0 Å². The van der Waals surface area contributed by atoms with Crippen molar-refractivity contribution < 1.29 is 4.74 Å². The van der Waals surface area contributed by atoms with Crippen LogP contribution in [0.3, 0.4) is 0 Å². The summed E-state index contributed by atoms with van der Waals surface area (Å²) in [4.78, 5) is 6.91. The third kappa shape index (κ3) is 4.19. The Morgan fingerprint density at radius 3 is 2.86 bits per heavy atom. The fourth-order valence-electron chi connectivity index (χ4n) is 2.28. The van der Waals surface area contributed by atoms with Crippen LogP contribution in [0.15, 0.2) is 22.7 Å². The SMILES string of the molecule is COCCN(C)CCn1c(C(C)Cl)nc2ccc(Br)cc21. The van der Waals surface area contributed by atoms with E-state index in [1.54, 1.807) is 7.11 Å². The predicted molar refractivity (Wildman–Crippen MR) is 91.1 cm³/mol. The molecule has 0 bridgehead atoms. The first-order valence-corrected chi connectivity index (χ1v) is 8.23. The Hall–Kier alpha value is -0.620. The molecule has 1 heterocycles. The molecule has 0 amide bonds. The van der Waals surface area contributed by atoms with Gasteiger partial charge in [0.15, 0.2) is 0 Å². The van der Waals surface area contributed by atoms with Gasteiger partial charge in [-0.05, 0) is 32.2 Å². The van der Waals surface area contributed by atoms with Crippen LogP contribution in [-0.2, 0) is 11.3 Å². The highest BCUT2D eigenvalue weighted by molar-refractivity contribution is 9.10. The van der Waals surface area contributed by atoms with Gasteiger partial charge in [0.1, 0.15) is 5.82 Å². The van der Waals surface area contributed by atoms with Crippen molar-refractivity contribution in [2.75, 3.05) is 33.9 Å². The van der Waals surface area contributed by atoms with E-state index in [1.807, 2.05) is 19.1 Å². The first kappa shape index (κ1) is 16.7. The molecule has 0 radical (unpaired) electrons. The third-order valence-electron chi connectivity index (χ3n) is 3.48. The lowest BCUT2D eigenvalue weighted by atomic mass is 10.3. The van der Waals surface area contributed by atoms with Crippen LogP contribution in [0, 0.1) is 0 Å². The van der Waals surface area contributed by atoms with E-state index in [9.17, 15) is 0 Å². The molecule has 0 saturated heterocycles. The standard InChI is InChI=1S/C15H21BrClN3O/c1-11(17)15-18-13-5-4-12(16)10-14(13)20(15)7-6-19(2)8-9-21-3/h4-5,10-11H,6-9H2,1-3H3. The van der Waals surface area contributed by atoms with Crippen LogP contribution >= 0.6 is 27.5 Å². The minimum absolute atomic E-state index is 0.111. The molecule has 0 aliphatic rings. The average Bonchev–Trinajstić information content (AvgIpc) is 2.81. The number of imidazole rings is 1. The van der Waals surface area contributed by atoms with Gasteiger partial charge < -0.3 is 14.2 Å². The van der Waals surface area contributed by atoms with Crippen molar-refractivity contribution in [3.05, 3.63) is 28.5 Å². The van der Waals surface area contributed by atoms with Crippen LogP contribution < -0.4 is 0 Å². The first-order valence-electron chi connectivity index (χ1n) is 7.00. The zero-order chi connectivity index (χ0) is 15.4. The van der Waals surface area contributed by atoms with Gasteiger partial charge >= 0.3 is 0 Å². The fourth-order valence-corrected chi connectivity index (χ4v) is 2.80. The van der Waals surface area contributed by atoms with Gasteiger partial charge in [-0.15, -0.1) is 11.6 Å². The largest absolute Gasteiger partial charge is 0.383 e. The van der Waals surface area contributed by atoms with Crippen molar-refractivity contribution >= 4 is 38.6 Å². The summed E-state index contributed by atoms with van der Waals surface area (Å²) in [6, 6.07) is 6.13. The van der Waals surface area contributed by atoms with E-state index in [0.29, 0.717) is 0 Å². The van der Waals surface area contributed by atoms with Crippen LogP contribution in [0.1, 0.15) is 18.1 Å². The van der Waals surface area contributed by atoms with Crippen LogP contribution in [0.25, 0.3) is 11.0 Å². The van der Waals surface area contributed by atoms with Gasteiger partial charge in [-0.3, -0.25) is 0 Å². The number of likely N-dealkylation sites (N-methyl/N-ethyl adjacent to an activating group) is 1. The number of alkyl halides is 1. The molecule has 0 aliphatic carbocycles. The van der Waals surface area contributed by atoms with E-state index in [4.69, 9.17) is 16.3 Å². The second kappa shape index (κ2) is 7.58. The first-order chi connectivity index (χ1) is 10.0. The molecule has 1 unspecified atom stereocenters. The summed E-state index contributed by atoms with van der Waals surface area (Å²) < 4.78 is 8.37. The zero-order valence-electron chi connectivity index (χ0n) is 12.6. The molecule has 6 heteroatoms. The van der Waals surface area contributed by atoms with Crippen molar-refractivity contribution in [3.63, 3.8) is 0 Å². The van der Waals surface area contributed by atoms with Gasteiger partial charge in [-0.25, -0.2) is 4.98 Å². The number of hydrogen-bond donors (Lipinski definition) is 0. The fraction of sp³-hybridized carbons (Fsp3) is 0.533. The Bertz CT molecular complexity index is 600. The van der Waals surface area contributed by atoms with E-state index in [0.717, 1.165) is 47.6 Å². The average molecular weight is 375 g/mol. The van der Waals surface area contributed by atoms with E-state index < -0.39 is 0 Å². The molecule has 0 fully saturated rings. The predicted octanol–water partition coefficient (Wildman–Crippen LogP) is 3.68. The summed E-state index contributed by atoms with van der Waals surface area (Å²) in [7, 11) is 3.82. The lowest BCUT2D eigenvalue weighted by molar-refractivity contribution is 0.159. The maximum Gasteiger partial charge on any atom is 0.127 e. The van der Waals surface area contributed by atoms with Crippen LogP contribution in [0.5, 0.6) is 0 Å². The van der Waals surface area contributed by atoms with E-state index in [-0.39, 0.29) is 5.38 Å². The summed E-state index contributed by atoms with van der Waals surface area (Å²) in [6.07, 6.45) is 0. The second-order valence-electron chi connectivity index (χ2n) is 5.17. The van der Waals surface area contributed by atoms with Crippen molar-refractivity contribution in [1.29, 1.82) is 0 Å². The highest BCUT2D eigenvalue weighted by atomic mass is 79.9. The van der Waals surface area contributed by atoms with Gasteiger partial charge in [-0.1, -0.05) is 15.9 Å². The third-order valence-corrected chi connectivity index (χ3v) is 4.17. The van der Waals surface area contributed by atoms with Gasteiger partial charge in [0.25, 0.3) is 0 Å². The molecule has 0 N–H and O–H groups in total. The molecule has 0 spiro atoms. The number of fused-ring (bicyclic) bond motifs is 1. The normalized spacial score (nSPS) is 13.2. The van der Waals surface area contributed by atoms with Gasteiger partial charge in [0, 0.05) is 31.2 Å². The maximum atomic E-state index is 6.29. The van der Waals surface area contributed by atoms with Crippen molar-refractivity contribution in [2.45, 2.75) is 18.8 Å². The highest BCUT2D eigenvalue weighted by Crippen LogP contribution is 2.26. The number of halogens is 2. The molecular weight excluding hydrogens is 354 g/mol. The van der Waals surface area contributed by atoms with Crippen molar-refractivity contribution in [1.82, 2.24) is 14.5 Å². The number of nitrogens with zero attached hydrogens (tertiary/aromatic N) is 3. The molecule has 116 valence electrons. The number of aromatic nitrogens is 2. The zero-order valence-corrected chi connectivity index (χ0v) is 15.0. The lowest BCUT2D eigenvalue weighted by Crippen LogP contribution is -2.27. The molecule has 4 nitrogen and oxygen atoms in total. The molecule has 1 aromatic heterocycles. The summed E-state index contributed by atoms with van der Waals surface area (Å²) >= 11 is 9.82. The van der Waals surface area contributed by atoms with Crippen molar-refractivity contribution in [2.24, 2.45) is 0 Å². The Labute approximate surface area is 139 Å². The molecule has 0 saturated carbocycles. The molecule has 2 aromatic rings. The van der Waals surface area contributed by atoms with Gasteiger partial charge in [0.05, 0.1) is 23.0 Å². The number of ether oxygens (including phenoxy) is 1. The molecule has 1 aromatic carbocycles. The van der Waals surface area contributed by atoms with E-state index in [1.165, 1.54) is 0 Å². The van der Waals surface area contributed by atoms with Crippen molar-refractivity contribution in [3.8, 4) is 0 Å². The number of benzene rings is 1. The molecular formula is C15H21BrClN3O. The van der Waals surface area contributed by atoms with Crippen LogP contribution in [0.4, 0.5) is 0 Å². The van der Waals surface area contributed by atoms with Gasteiger partial charge in [0.2, 0.25) is 0 Å². The Balaban J connectivity index is 2.23. The smallest absolute Gasteiger partial charge is 0.127 e. The summed E-state index contributed by atoms with van der Waals surface area (Å²) in [6.45, 7) is 5.41. The number of methoxy groups -OCH3 is 1. The molecule has 21 heavy (non-hydrogen) atoms.